The number of thiophene rings is 1. The number of amides is 4. The molecule has 4 aromatic carbocycles. The van der Waals surface area contributed by atoms with Gasteiger partial charge < -0.3 is 51.1 Å². The second-order valence-corrected chi connectivity index (χ2v) is 21.8. The van der Waals surface area contributed by atoms with Crippen LogP contribution in [0.4, 0.5) is 16.4 Å². The summed E-state index contributed by atoms with van der Waals surface area (Å²) in [6, 6.07) is 32.0. The number of carbonyl (C=O) groups is 8. The van der Waals surface area contributed by atoms with Crippen LogP contribution < -0.4 is 32.6 Å². The maximum Gasteiger partial charge on any atom is 0.382 e. The van der Waals surface area contributed by atoms with Gasteiger partial charge in [-0.3, -0.25) is 48.7 Å². The first kappa shape index (κ1) is 71.7. The Hall–Kier alpha value is -11.6. The molecule has 0 spiro atoms. The number of nitrogens with one attached hydrogen (secondary N) is 4. The molecule has 460 valence electrons. The number of hydrogen-bond donors (Lipinski definition) is 7. The van der Waals surface area contributed by atoms with Gasteiger partial charge in [0.05, 0.1) is 4.92 Å². The van der Waals surface area contributed by atoms with Crippen LogP contribution in [0.15, 0.2) is 142 Å². The van der Waals surface area contributed by atoms with Crippen molar-refractivity contribution in [2.45, 2.75) is 73.5 Å². The lowest BCUT2D eigenvalue weighted by Crippen LogP contribution is -2.34. The van der Waals surface area contributed by atoms with Crippen molar-refractivity contribution >= 4 is 97.0 Å². The highest BCUT2D eigenvalue weighted by atomic mass is 32.1. The molecule has 0 bridgehead atoms. The van der Waals surface area contributed by atoms with Crippen LogP contribution >= 0.6 is 11.3 Å². The maximum atomic E-state index is 12.2. The Morgan fingerprint density at radius 1 is 0.607 bits per heavy atom. The largest absolute Gasteiger partial charge is 0.480 e. The standard InChI is InChI=1S/C16H15NO3S.C15H18N2O3.C14H16N2O3.C11H9NO3.C9H5NO4/c1-16(2,3)15(19)17-13-12-10(8-21-13)9-6-4-5-7-11(9)20-14(12)18;1-15(2,3)20-14(19)10-17-13(18)9-6-11-4-7-12(16)8-5-11;1-14(2,3)19-13(18)10-16-12(17)7-6-11-5-4-8-15-9-11;13-10(12-8-11(14)15)7-6-9-4-2-1-3-5-9;11-9(12)6-3-7-1-4-8(5-2-7)10(13)14/h4-8H,1-3H3,(H,17,19);4-5,7-8H,10,16H2,1-3H3,(H,17,18);4-5,8-9H,10H2,1-3H3,(H,16,17);1-5H,8H2,(H,12,13)(H,14,15);1-2,4-5H,(H,11,12). The molecule has 24 heteroatoms. The first-order valence-corrected chi connectivity index (χ1v) is 27.3. The van der Waals surface area contributed by atoms with E-state index in [1.807, 2.05) is 56.3 Å². The second kappa shape index (κ2) is 35.0. The summed E-state index contributed by atoms with van der Waals surface area (Å²) in [5, 5.41) is 41.0. The van der Waals surface area contributed by atoms with Crippen LogP contribution in [0.5, 0.6) is 0 Å². The number of hydrogen-bond acceptors (Lipinski definition) is 17. The van der Waals surface area contributed by atoms with Crippen molar-refractivity contribution in [2.75, 3.05) is 30.7 Å². The molecule has 0 atom stereocenters. The average Bonchev–Trinajstić information content (AvgIpc) is 1.89. The molecule has 0 fully saturated rings. The van der Waals surface area contributed by atoms with Crippen LogP contribution in [0.3, 0.4) is 0 Å². The van der Waals surface area contributed by atoms with Gasteiger partial charge in [-0.25, -0.2) is 9.59 Å². The number of para-hydroxylation sites is 1. The summed E-state index contributed by atoms with van der Waals surface area (Å²) in [6.45, 7) is 15.2. The number of nitrogen functional groups attached to an aromatic ring is 1. The van der Waals surface area contributed by atoms with Gasteiger partial charge in [0.15, 0.2) is 0 Å². The molecule has 0 unspecified atom stereocenters. The number of fused-ring (bicyclic) bond motifs is 3. The molecule has 3 heterocycles. The summed E-state index contributed by atoms with van der Waals surface area (Å²) in [7, 11) is 0. The Bertz CT molecular complexity index is 3990. The number of benzene rings is 4. The lowest BCUT2D eigenvalue weighted by molar-refractivity contribution is -0.384. The first-order valence-electron chi connectivity index (χ1n) is 26.4. The zero-order valence-electron chi connectivity index (χ0n) is 49.8. The summed E-state index contributed by atoms with van der Waals surface area (Å²) in [5.74, 6) is 14.1. The van der Waals surface area contributed by atoms with E-state index in [0.717, 1.165) is 10.8 Å². The number of esters is 2. The maximum absolute atomic E-state index is 12.2. The minimum absolute atomic E-state index is 0.0501. The average molecular weight is 1230 g/mol. The number of pyridine rings is 1. The fourth-order valence-corrected chi connectivity index (χ4v) is 7.07. The van der Waals surface area contributed by atoms with Gasteiger partial charge >= 0.3 is 29.5 Å². The molecule has 0 aliphatic carbocycles. The highest BCUT2D eigenvalue weighted by Gasteiger charge is 2.24. The molecular formula is C65H63N7O16S. The SMILES string of the molecule is CC(C)(C)C(=O)Nc1scc2c1c(=O)oc1ccccc12.CC(C)(C)OC(=O)CNC(=O)C#Cc1ccc(N)cc1.CC(C)(C)OC(=O)CNC(=O)C#Cc1cccnc1.O=C(O)C#Cc1ccc([N+](=O)[O-])cc1.O=C(O)CNC(=O)C#Cc1ccccc1. The minimum atomic E-state index is -1.23. The van der Waals surface area contributed by atoms with Gasteiger partial charge in [-0.1, -0.05) is 80.9 Å². The smallest absolute Gasteiger partial charge is 0.382 e. The Morgan fingerprint density at radius 3 is 1.54 bits per heavy atom. The van der Waals surface area contributed by atoms with Crippen LogP contribution in [0.25, 0.3) is 21.7 Å². The van der Waals surface area contributed by atoms with E-state index >= 15 is 0 Å². The molecule has 0 saturated carbocycles. The lowest BCUT2D eigenvalue weighted by atomic mass is 9.96. The van der Waals surface area contributed by atoms with Crippen LogP contribution in [0.2, 0.25) is 0 Å². The van der Waals surface area contributed by atoms with Crippen LogP contribution in [0.1, 0.15) is 84.6 Å². The normalized spacial score (nSPS) is 10.0. The third-order valence-electron chi connectivity index (χ3n) is 10.0. The van der Waals surface area contributed by atoms with Crippen LogP contribution in [-0.2, 0) is 47.8 Å². The van der Waals surface area contributed by atoms with Gasteiger partial charge in [0.1, 0.15) is 46.8 Å². The van der Waals surface area contributed by atoms with E-state index in [0.29, 0.717) is 43.9 Å². The number of non-ortho nitro benzene ring substituents is 1. The number of anilines is 2. The predicted octanol–water partition coefficient (Wildman–Crippen LogP) is 7.23. The zero-order chi connectivity index (χ0) is 66.3. The number of carbonyl (C=O) groups excluding carboxylic acids is 6. The van der Waals surface area contributed by atoms with E-state index in [-0.39, 0.29) is 24.7 Å². The van der Waals surface area contributed by atoms with Crippen molar-refractivity contribution < 1.29 is 67.4 Å². The number of carboxylic acid groups (broad SMARTS) is 2. The predicted molar refractivity (Wildman–Crippen MR) is 334 cm³/mol. The third kappa shape index (κ3) is 29.7. The van der Waals surface area contributed by atoms with Gasteiger partial charge in [0.25, 0.3) is 23.4 Å². The molecule has 0 saturated heterocycles. The van der Waals surface area contributed by atoms with Gasteiger partial charge in [-0.2, -0.15) is 0 Å². The monoisotopic (exact) mass is 1230 g/mol. The fourth-order valence-electron chi connectivity index (χ4n) is 6.12. The van der Waals surface area contributed by atoms with Crippen molar-refractivity contribution in [3.63, 3.8) is 0 Å². The highest BCUT2D eigenvalue weighted by Crippen LogP contribution is 2.34. The summed E-state index contributed by atoms with van der Waals surface area (Å²) in [4.78, 5) is 115. The first-order chi connectivity index (χ1) is 41.8. The number of nitro benzene ring substituents is 1. The Kier molecular flexibility index (Phi) is 28.2. The van der Waals surface area contributed by atoms with Crippen molar-refractivity contribution in [1.29, 1.82) is 0 Å². The molecule has 89 heavy (non-hydrogen) atoms. The van der Waals surface area contributed by atoms with E-state index in [1.165, 1.54) is 35.6 Å². The molecule has 3 aromatic heterocycles. The summed E-state index contributed by atoms with van der Waals surface area (Å²) in [6.07, 6.45) is 3.17. The number of aliphatic carboxylic acids is 2. The number of nitrogens with two attached hydrogens (primary N) is 1. The van der Waals surface area contributed by atoms with Gasteiger partial charge in [-0.05, 0) is 108 Å². The minimum Gasteiger partial charge on any atom is -0.480 e. The molecule has 0 aliphatic heterocycles. The zero-order valence-corrected chi connectivity index (χ0v) is 50.6. The van der Waals surface area contributed by atoms with E-state index in [2.05, 4.69) is 67.7 Å². The van der Waals surface area contributed by atoms with Crippen molar-refractivity contribution in [3.8, 4) is 47.4 Å². The van der Waals surface area contributed by atoms with Gasteiger partial charge in [0, 0.05) is 97.7 Å². The summed E-state index contributed by atoms with van der Waals surface area (Å²) >= 11 is 1.34. The van der Waals surface area contributed by atoms with Crippen LogP contribution in [0, 0.1) is 62.9 Å². The van der Waals surface area contributed by atoms with Crippen molar-refractivity contribution in [2.24, 2.45) is 5.41 Å². The summed E-state index contributed by atoms with van der Waals surface area (Å²) in [5.41, 5.74) is 7.04. The Labute approximate surface area is 515 Å². The lowest BCUT2D eigenvalue weighted by Gasteiger charge is -2.19. The van der Waals surface area contributed by atoms with E-state index in [1.54, 1.807) is 121 Å². The van der Waals surface area contributed by atoms with Gasteiger partial charge in [-0.15, -0.1) is 11.3 Å². The van der Waals surface area contributed by atoms with Crippen molar-refractivity contribution in [3.05, 3.63) is 176 Å². The highest BCUT2D eigenvalue weighted by molar-refractivity contribution is 7.16. The van der Waals surface area contributed by atoms with Gasteiger partial charge in [0.2, 0.25) is 5.91 Å². The number of aromatic nitrogens is 1. The Morgan fingerprint density at radius 2 is 1.07 bits per heavy atom. The quantitative estimate of drug-likeness (QED) is 0.0197. The number of rotatable bonds is 8. The van der Waals surface area contributed by atoms with Crippen molar-refractivity contribution in [1.82, 2.24) is 20.9 Å². The van der Waals surface area contributed by atoms with E-state index in [9.17, 15) is 53.3 Å². The summed E-state index contributed by atoms with van der Waals surface area (Å²) < 4.78 is 15.4. The third-order valence-corrected chi connectivity index (χ3v) is 10.9. The molecule has 0 aliphatic rings. The molecule has 0 radical (unpaired) electrons. The number of carboxylic acids is 2. The molecule has 23 nitrogen and oxygen atoms in total. The van der Waals surface area contributed by atoms with Crippen LogP contribution in [-0.4, -0.2) is 98.5 Å². The number of nitro groups is 1. The molecule has 7 aromatic rings. The second-order valence-electron chi connectivity index (χ2n) is 20.9. The number of nitrogens with zero attached hydrogens (tertiary/aromatic N) is 2. The molecule has 8 N–H and O–H groups in total. The molecule has 4 amide bonds. The fraction of sp³-hybridized carbons (Fsp3) is 0.231. The van der Waals surface area contributed by atoms with E-state index in [4.69, 9.17) is 29.8 Å². The number of ether oxygens (including phenoxy) is 2. The molecular weight excluding hydrogens is 1170 g/mol. The Balaban J connectivity index is 0.000000293. The van der Waals surface area contributed by atoms with E-state index < -0.39 is 75.3 Å². The topological polar surface area (TPSA) is 356 Å². The molecule has 7 rings (SSSR count).